The fraction of sp³-hybridized carbons (Fsp3) is 0.381. The van der Waals surface area contributed by atoms with Gasteiger partial charge in [-0.15, -0.1) is 0 Å². The van der Waals surface area contributed by atoms with Gasteiger partial charge >= 0.3 is 0 Å². The Labute approximate surface area is 160 Å². The Balaban J connectivity index is 1.85. The van der Waals surface area contributed by atoms with Crippen molar-refractivity contribution in [3.63, 3.8) is 0 Å². The van der Waals surface area contributed by atoms with Crippen LogP contribution in [-0.2, 0) is 9.47 Å². The summed E-state index contributed by atoms with van der Waals surface area (Å²) in [5.74, 6) is 1.20. The molecule has 0 unspecified atom stereocenters. The van der Waals surface area contributed by atoms with Gasteiger partial charge in [-0.05, 0) is 50.2 Å². The van der Waals surface area contributed by atoms with Crippen molar-refractivity contribution in [2.24, 2.45) is 0 Å². The highest BCUT2D eigenvalue weighted by Crippen LogP contribution is 2.19. The summed E-state index contributed by atoms with van der Waals surface area (Å²) in [6, 6.07) is 14.3. The van der Waals surface area contributed by atoms with E-state index in [2.05, 4.69) is 5.32 Å². The van der Waals surface area contributed by atoms with Gasteiger partial charge in [0.1, 0.15) is 24.7 Å². The molecule has 2 aromatic rings. The van der Waals surface area contributed by atoms with Crippen molar-refractivity contribution in [2.45, 2.75) is 13.8 Å². The Kier molecular flexibility index (Phi) is 9.17. The molecule has 146 valence electrons. The summed E-state index contributed by atoms with van der Waals surface area (Å²) >= 11 is 0. The minimum absolute atomic E-state index is 0.192. The lowest BCUT2D eigenvalue weighted by Gasteiger charge is -2.10. The molecular weight excluding hydrogens is 346 g/mol. The van der Waals surface area contributed by atoms with Crippen molar-refractivity contribution < 1.29 is 23.7 Å². The van der Waals surface area contributed by atoms with E-state index in [-0.39, 0.29) is 5.91 Å². The van der Waals surface area contributed by atoms with E-state index in [4.69, 9.17) is 18.9 Å². The van der Waals surface area contributed by atoms with Gasteiger partial charge < -0.3 is 24.3 Å². The molecule has 0 spiro atoms. The smallest absolute Gasteiger partial charge is 0.255 e. The molecule has 0 saturated carbocycles. The molecule has 27 heavy (non-hydrogen) atoms. The first kappa shape index (κ1) is 20.7. The summed E-state index contributed by atoms with van der Waals surface area (Å²) in [5.41, 5.74) is 1.22. The molecule has 0 aliphatic carbocycles. The summed E-state index contributed by atoms with van der Waals surface area (Å²) in [4.78, 5) is 12.4. The maximum Gasteiger partial charge on any atom is 0.255 e. The first-order valence-electron chi connectivity index (χ1n) is 9.15. The van der Waals surface area contributed by atoms with Crippen LogP contribution >= 0.6 is 0 Å². The lowest BCUT2D eigenvalue weighted by atomic mass is 10.2. The molecule has 0 radical (unpaired) electrons. The van der Waals surface area contributed by atoms with Crippen LogP contribution in [-0.4, -0.2) is 45.5 Å². The third-order valence-corrected chi connectivity index (χ3v) is 3.61. The number of carbonyl (C=O) groups excluding carboxylic acids is 1. The number of anilines is 1. The van der Waals surface area contributed by atoms with Gasteiger partial charge in [0.15, 0.2) is 0 Å². The Morgan fingerprint density at radius 1 is 0.815 bits per heavy atom. The van der Waals surface area contributed by atoms with Gasteiger partial charge in [0, 0.05) is 30.5 Å². The number of benzene rings is 2. The zero-order valence-corrected chi connectivity index (χ0v) is 15.9. The average molecular weight is 373 g/mol. The highest BCUT2D eigenvalue weighted by Gasteiger charge is 2.07. The molecule has 0 bridgehead atoms. The van der Waals surface area contributed by atoms with E-state index >= 15 is 0 Å². The van der Waals surface area contributed by atoms with Crippen LogP contribution in [0, 0.1) is 0 Å². The van der Waals surface area contributed by atoms with Crippen LogP contribution in [0.25, 0.3) is 0 Å². The maximum atomic E-state index is 12.4. The molecule has 0 heterocycles. The van der Waals surface area contributed by atoms with E-state index in [1.54, 1.807) is 30.3 Å². The number of hydrogen-bond acceptors (Lipinski definition) is 5. The van der Waals surface area contributed by atoms with Gasteiger partial charge in [0.25, 0.3) is 5.91 Å². The molecule has 0 aromatic heterocycles. The van der Waals surface area contributed by atoms with Gasteiger partial charge in [-0.25, -0.2) is 0 Å². The van der Waals surface area contributed by atoms with E-state index in [9.17, 15) is 4.79 Å². The topological polar surface area (TPSA) is 66.0 Å². The zero-order chi connectivity index (χ0) is 19.3. The van der Waals surface area contributed by atoms with Crippen LogP contribution in [0.1, 0.15) is 24.2 Å². The van der Waals surface area contributed by atoms with Crippen LogP contribution in [0.15, 0.2) is 48.5 Å². The van der Waals surface area contributed by atoms with E-state index in [0.29, 0.717) is 62.4 Å². The first-order valence-corrected chi connectivity index (χ1v) is 9.15. The van der Waals surface area contributed by atoms with Crippen molar-refractivity contribution in [3.8, 4) is 11.5 Å². The lowest BCUT2D eigenvalue weighted by Crippen LogP contribution is -2.12. The Morgan fingerprint density at radius 3 is 2.07 bits per heavy atom. The third kappa shape index (κ3) is 7.68. The van der Waals surface area contributed by atoms with Crippen LogP contribution in [0.4, 0.5) is 5.69 Å². The molecule has 0 saturated heterocycles. The summed E-state index contributed by atoms with van der Waals surface area (Å²) in [6.07, 6.45) is 0. The number of hydrogen-bond donors (Lipinski definition) is 1. The van der Waals surface area contributed by atoms with Gasteiger partial charge in [0.05, 0.1) is 13.2 Å². The molecule has 0 atom stereocenters. The van der Waals surface area contributed by atoms with Crippen LogP contribution in [0.5, 0.6) is 11.5 Å². The van der Waals surface area contributed by atoms with Crippen LogP contribution in [0.2, 0.25) is 0 Å². The molecule has 2 aromatic carbocycles. The number of carbonyl (C=O) groups is 1. The standard InChI is InChI=1S/C21H27NO5/c1-3-24-12-14-26-19-10-8-17(9-11-19)21(23)22-18-6-5-7-20(16-18)27-15-13-25-4-2/h5-11,16H,3-4,12-15H2,1-2H3,(H,22,23). The van der Waals surface area contributed by atoms with E-state index in [0.717, 1.165) is 0 Å². The molecule has 0 fully saturated rings. The fourth-order valence-corrected chi connectivity index (χ4v) is 2.29. The molecule has 0 aliphatic heterocycles. The maximum absolute atomic E-state index is 12.4. The monoisotopic (exact) mass is 373 g/mol. The zero-order valence-electron chi connectivity index (χ0n) is 15.9. The highest BCUT2D eigenvalue weighted by atomic mass is 16.5. The molecular formula is C21H27NO5. The Hall–Kier alpha value is -2.57. The van der Waals surface area contributed by atoms with Gasteiger partial charge in [-0.2, -0.15) is 0 Å². The SMILES string of the molecule is CCOCCOc1ccc(C(=O)Nc2cccc(OCCOCC)c2)cc1. The second-order valence-corrected chi connectivity index (χ2v) is 5.60. The van der Waals surface area contributed by atoms with E-state index in [1.165, 1.54) is 0 Å². The van der Waals surface area contributed by atoms with Gasteiger partial charge in [-0.1, -0.05) is 6.07 Å². The van der Waals surface area contributed by atoms with Crippen molar-refractivity contribution in [1.29, 1.82) is 0 Å². The minimum atomic E-state index is -0.192. The van der Waals surface area contributed by atoms with E-state index in [1.807, 2.05) is 32.0 Å². The lowest BCUT2D eigenvalue weighted by molar-refractivity contribution is 0.102. The summed E-state index contributed by atoms with van der Waals surface area (Å²) in [7, 11) is 0. The fourth-order valence-electron chi connectivity index (χ4n) is 2.29. The molecule has 1 N–H and O–H groups in total. The van der Waals surface area contributed by atoms with Crippen molar-refractivity contribution >= 4 is 11.6 Å². The van der Waals surface area contributed by atoms with Crippen molar-refractivity contribution in [1.82, 2.24) is 0 Å². The average Bonchev–Trinajstić information content (AvgIpc) is 2.69. The Bertz CT molecular complexity index is 687. The first-order chi connectivity index (χ1) is 13.2. The molecule has 6 heteroatoms. The van der Waals surface area contributed by atoms with Gasteiger partial charge in [-0.3, -0.25) is 4.79 Å². The number of rotatable bonds is 12. The summed E-state index contributed by atoms with van der Waals surface area (Å²) < 4.78 is 21.6. The van der Waals surface area contributed by atoms with Crippen LogP contribution in [0.3, 0.4) is 0 Å². The number of nitrogens with one attached hydrogen (secondary N) is 1. The summed E-state index contributed by atoms with van der Waals surface area (Å²) in [6.45, 7) is 7.24. The Morgan fingerprint density at radius 2 is 1.44 bits per heavy atom. The predicted molar refractivity (Wildman–Crippen MR) is 105 cm³/mol. The quantitative estimate of drug-likeness (QED) is 0.574. The molecule has 1 amide bonds. The summed E-state index contributed by atoms with van der Waals surface area (Å²) in [5, 5.41) is 2.87. The molecule has 6 nitrogen and oxygen atoms in total. The van der Waals surface area contributed by atoms with Crippen molar-refractivity contribution in [2.75, 3.05) is 45.0 Å². The largest absolute Gasteiger partial charge is 0.491 e. The molecule has 0 aliphatic rings. The minimum Gasteiger partial charge on any atom is -0.491 e. The normalized spacial score (nSPS) is 10.4. The second-order valence-electron chi connectivity index (χ2n) is 5.60. The van der Waals surface area contributed by atoms with Gasteiger partial charge in [0.2, 0.25) is 0 Å². The van der Waals surface area contributed by atoms with Crippen LogP contribution < -0.4 is 14.8 Å². The van der Waals surface area contributed by atoms with Crippen molar-refractivity contribution in [3.05, 3.63) is 54.1 Å². The molecule has 2 rings (SSSR count). The second kappa shape index (κ2) is 11.9. The third-order valence-electron chi connectivity index (χ3n) is 3.61. The van der Waals surface area contributed by atoms with E-state index < -0.39 is 0 Å². The highest BCUT2D eigenvalue weighted by molar-refractivity contribution is 6.04. The predicted octanol–water partition coefficient (Wildman–Crippen LogP) is 3.77. The number of amides is 1. The number of ether oxygens (including phenoxy) is 4.